The molecule has 1 aromatic carbocycles. The van der Waals surface area contributed by atoms with Crippen molar-refractivity contribution in [3.05, 3.63) is 41.4 Å². The van der Waals surface area contributed by atoms with Gasteiger partial charge in [0.2, 0.25) is 0 Å². The number of rotatable bonds is 2. The lowest BCUT2D eigenvalue weighted by Gasteiger charge is -2.03. The van der Waals surface area contributed by atoms with Crippen LogP contribution in [0, 0.1) is 13.8 Å². The average Bonchev–Trinajstić information content (AvgIpc) is 2.70. The van der Waals surface area contributed by atoms with Gasteiger partial charge in [0, 0.05) is 5.56 Å². The topological polar surface area (TPSA) is 26.0 Å². The second-order valence-electron chi connectivity index (χ2n) is 3.56. The molecular formula is C12H12ClNO. The Morgan fingerprint density at radius 1 is 1.27 bits per heavy atom. The number of alkyl halides is 1. The van der Waals surface area contributed by atoms with E-state index in [1.54, 1.807) is 0 Å². The molecule has 1 heterocycles. The van der Waals surface area contributed by atoms with Crippen molar-refractivity contribution in [2.75, 3.05) is 0 Å². The Morgan fingerprint density at radius 3 is 2.73 bits per heavy atom. The molecule has 2 aromatic rings. The fraction of sp³-hybridized carbons (Fsp3) is 0.250. The summed E-state index contributed by atoms with van der Waals surface area (Å²) in [5.74, 6) is 1.15. The molecule has 0 atom stereocenters. The molecule has 0 aliphatic carbocycles. The summed E-state index contributed by atoms with van der Waals surface area (Å²) in [6.45, 7) is 4.16. The van der Waals surface area contributed by atoms with Crippen LogP contribution in [0.25, 0.3) is 11.3 Å². The minimum Gasteiger partial charge on any atom is -0.443 e. The van der Waals surface area contributed by atoms with Crippen LogP contribution >= 0.6 is 11.6 Å². The number of aryl methyl sites for hydroxylation is 2. The van der Waals surface area contributed by atoms with Gasteiger partial charge >= 0.3 is 0 Å². The van der Waals surface area contributed by atoms with Gasteiger partial charge in [0.1, 0.15) is 5.69 Å². The lowest BCUT2D eigenvalue weighted by atomic mass is 10.0. The highest BCUT2D eigenvalue weighted by Gasteiger charge is 2.09. The molecule has 3 heteroatoms. The van der Waals surface area contributed by atoms with Crippen LogP contribution in [-0.2, 0) is 5.88 Å². The van der Waals surface area contributed by atoms with E-state index in [4.69, 9.17) is 16.0 Å². The summed E-state index contributed by atoms with van der Waals surface area (Å²) in [4.78, 5) is 4.06. The van der Waals surface area contributed by atoms with E-state index < -0.39 is 0 Å². The van der Waals surface area contributed by atoms with Crippen molar-refractivity contribution in [1.82, 2.24) is 4.98 Å². The Balaban J connectivity index is 2.50. The van der Waals surface area contributed by atoms with Gasteiger partial charge in [-0.2, -0.15) is 0 Å². The fourth-order valence-corrected chi connectivity index (χ4v) is 1.67. The summed E-state index contributed by atoms with van der Waals surface area (Å²) in [6, 6.07) is 6.19. The molecule has 2 rings (SSSR count). The monoisotopic (exact) mass is 221 g/mol. The Hall–Kier alpha value is -1.28. The molecule has 0 saturated carbocycles. The lowest BCUT2D eigenvalue weighted by Crippen LogP contribution is -1.86. The zero-order valence-electron chi connectivity index (χ0n) is 8.75. The Labute approximate surface area is 93.9 Å². The third-order valence-electron chi connectivity index (χ3n) is 2.54. The molecule has 0 saturated heterocycles. The Morgan fingerprint density at radius 2 is 2.07 bits per heavy atom. The molecule has 0 N–H and O–H groups in total. The molecule has 15 heavy (non-hydrogen) atoms. The molecule has 0 amide bonds. The van der Waals surface area contributed by atoms with Crippen LogP contribution in [0.15, 0.2) is 29.0 Å². The van der Waals surface area contributed by atoms with Crippen LogP contribution in [0.5, 0.6) is 0 Å². The van der Waals surface area contributed by atoms with E-state index in [0.717, 1.165) is 17.0 Å². The number of nitrogens with zero attached hydrogens (tertiary/aromatic N) is 1. The number of halogens is 1. The van der Waals surface area contributed by atoms with Gasteiger partial charge < -0.3 is 4.42 Å². The van der Waals surface area contributed by atoms with E-state index in [9.17, 15) is 0 Å². The van der Waals surface area contributed by atoms with Crippen molar-refractivity contribution in [2.45, 2.75) is 19.7 Å². The van der Waals surface area contributed by atoms with Gasteiger partial charge in [-0.15, -0.1) is 11.6 Å². The van der Waals surface area contributed by atoms with E-state index in [1.165, 1.54) is 17.5 Å². The number of hydrogen-bond donors (Lipinski definition) is 0. The van der Waals surface area contributed by atoms with Gasteiger partial charge in [-0.25, -0.2) is 4.98 Å². The van der Waals surface area contributed by atoms with E-state index in [0.29, 0.717) is 5.88 Å². The van der Waals surface area contributed by atoms with Crippen LogP contribution < -0.4 is 0 Å². The molecule has 2 nitrogen and oxygen atoms in total. The minimum absolute atomic E-state index is 0.374. The van der Waals surface area contributed by atoms with E-state index >= 15 is 0 Å². The molecule has 1 aromatic heterocycles. The first-order valence-electron chi connectivity index (χ1n) is 4.78. The Kier molecular flexibility index (Phi) is 2.78. The quantitative estimate of drug-likeness (QED) is 0.723. The zero-order valence-corrected chi connectivity index (χ0v) is 9.51. The average molecular weight is 222 g/mol. The van der Waals surface area contributed by atoms with Crippen molar-refractivity contribution in [1.29, 1.82) is 0 Å². The third-order valence-corrected chi connectivity index (χ3v) is 2.79. The first-order valence-corrected chi connectivity index (χ1v) is 5.32. The summed E-state index contributed by atoms with van der Waals surface area (Å²) in [5, 5.41) is 0. The van der Waals surface area contributed by atoms with Crippen LogP contribution in [-0.4, -0.2) is 4.98 Å². The molecule has 78 valence electrons. The van der Waals surface area contributed by atoms with Crippen molar-refractivity contribution in [3.8, 4) is 11.3 Å². The largest absolute Gasteiger partial charge is 0.443 e. The van der Waals surface area contributed by atoms with Crippen molar-refractivity contribution < 1.29 is 4.42 Å². The van der Waals surface area contributed by atoms with Gasteiger partial charge in [0.05, 0.1) is 5.88 Å². The maximum Gasteiger partial charge on any atom is 0.181 e. The SMILES string of the molecule is Cc1ccc(-c2ocnc2CCl)cc1C. The van der Waals surface area contributed by atoms with E-state index in [2.05, 4.69) is 31.0 Å². The molecule has 0 unspecified atom stereocenters. The smallest absolute Gasteiger partial charge is 0.181 e. The van der Waals surface area contributed by atoms with Crippen LogP contribution in [0.3, 0.4) is 0 Å². The molecule has 0 spiro atoms. The first-order chi connectivity index (χ1) is 7.22. The van der Waals surface area contributed by atoms with E-state index in [1.807, 2.05) is 6.07 Å². The summed E-state index contributed by atoms with van der Waals surface area (Å²) in [6.07, 6.45) is 1.43. The molecule has 0 bridgehead atoms. The van der Waals surface area contributed by atoms with Gasteiger partial charge in [-0.3, -0.25) is 0 Å². The standard InChI is InChI=1S/C12H12ClNO/c1-8-3-4-10(5-9(8)2)12-11(6-13)14-7-15-12/h3-5,7H,6H2,1-2H3. The highest BCUT2D eigenvalue weighted by Crippen LogP contribution is 2.25. The van der Waals surface area contributed by atoms with Crippen molar-refractivity contribution >= 4 is 11.6 Å². The highest BCUT2D eigenvalue weighted by atomic mass is 35.5. The van der Waals surface area contributed by atoms with Crippen LogP contribution in [0.2, 0.25) is 0 Å². The van der Waals surface area contributed by atoms with Crippen LogP contribution in [0.4, 0.5) is 0 Å². The summed E-state index contributed by atoms with van der Waals surface area (Å²) in [7, 11) is 0. The van der Waals surface area contributed by atoms with Crippen molar-refractivity contribution in [2.24, 2.45) is 0 Å². The highest BCUT2D eigenvalue weighted by molar-refractivity contribution is 6.17. The van der Waals surface area contributed by atoms with Gasteiger partial charge in [-0.05, 0) is 31.0 Å². The summed E-state index contributed by atoms with van der Waals surface area (Å²) in [5.41, 5.74) is 4.33. The molecule has 0 aliphatic rings. The second kappa shape index (κ2) is 4.07. The second-order valence-corrected chi connectivity index (χ2v) is 3.83. The lowest BCUT2D eigenvalue weighted by molar-refractivity contribution is 0.571. The number of oxazole rings is 1. The van der Waals surface area contributed by atoms with Gasteiger partial charge in [0.15, 0.2) is 12.2 Å². The molecule has 0 fully saturated rings. The predicted molar refractivity (Wildman–Crippen MR) is 61.0 cm³/mol. The normalized spacial score (nSPS) is 10.6. The van der Waals surface area contributed by atoms with Crippen molar-refractivity contribution in [3.63, 3.8) is 0 Å². The summed E-state index contributed by atoms with van der Waals surface area (Å²) < 4.78 is 5.34. The van der Waals surface area contributed by atoms with Gasteiger partial charge in [-0.1, -0.05) is 12.1 Å². The van der Waals surface area contributed by atoms with E-state index in [-0.39, 0.29) is 0 Å². The summed E-state index contributed by atoms with van der Waals surface area (Å²) >= 11 is 5.77. The number of hydrogen-bond acceptors (Lipinski definition) is 2. The first kappa shape index (κ1) is 10.2. The predicted octanol–water partition coefficient (Wildman–Crippen LogP) is 3.70. The van der Waals surface area contributed by atoms with Crippen LogP contribution in [0.1, 0.15) is 16.8 Å². The maximum atomic E-state index is 5.77. The van der Waals surface area contributed by atoms with Gasteiger partial charge in [0.25, 0.3) is 0 Å². The molecular weight excluding hydrogens is 210 g/mol. The molecule has 0 aliphatic heterocycles. The fourth-order valence-electron chi connectivity index (χ4n) is 1.48. The third kappa shape index (κ3) is 1.90. The minimum atomic E-state index is 0.374. The number of aromatic nitrogens is 1. The zero-order chi connectivity index (χ0) is 10.8. The number of benzene rings is 1. The maximum absolute atomic E-state index is 5.77. The molecule has 0 radical (unpaired) electrons. The Bertz CT molecular complexity index is 476.